The minimum absolute atomic E-state index is 0.734. The van der Waals surface area contributed by atoms with Crippen molar-refractivity contribution in [2.45, 2.75) is 13.5 Å². The fourth-order valence-electron chi connectivity index (χ4n) is 0.847. The third kappa shape index (κ3) is 2.17. The van der Waals surface area contributed by atoms with Crippen molar-refractivity contribution < 1.29 is 0 Å². The van der Waals surface area contributed by atoms with Crippen LogP contribution in [0.15, 0.2) is 12.3 Å². The molecule has 0 fully saturated rings. The first-order chi connectivity index (χ1) is 5.24. The van der Waals surface area contributed by atoms with Crippen LogP contribution in [0.25, 0.3) is 0 Å². The highest BCUT2D eigenvalue weighted by Gasteiger charge is 1.96. The molecule has 1 N–H and O–H groups in total. The van der Waals surface area contributed by atoms with E-state index in [0.29, 0.717) is 0 Å². The molecule has 1 aromatic rings. The zero-order chi connectivity index (χ0) is 8.27. The molecule has 1 heterocycles. The van der Waals surface area contributed by atoms with E-state index in [2.05, 4.69) is 10.3 Å². The smallest absolute Gasteiger partial charge is 0.0621 e. The molecular weight excluding hydrogens is 160 g/mol. The summed E-state index contributed by atoms with van der Waals surface area (Å²) in [5, 5.41) is 3.77. The second-order valence-corrected chi connectivity index (χ2v) is 2.85. The molecule has 11 heavy (non-hydrogen) atoms. The maximum absolute atomic E-state index is 5.86. The molecular formula is C8H11ClN2. The van der Waals surface area contributed by atoms with Crippen molar-refractivity contribution in [1.82, 2.24) is 10.3 Å². The molecule has 1 rings (SSSR count). The van der Waals surface area contributed by atoms with Crippen LogP contribution in [0.4, 0.5) is 0 Å². The van der Waals surface area contributed by atoms with E-state index in [1.165, 1.54) is 0 Å². The van der Waals surface area contributed by atoms with Crippen LogP contribution in [0.1, 0.15) is 11.3 Å². The van der Waals surface area contributed by atoms with E-state index in [4.69, 9.17) is 11.6 Å². The SMILES string of the molecule is CNCc1cnc(C)c(Cl)c1. The van der Waals surface area contributed by atoms with Crippen molar-refractivity contribution in [3.8, 4) is 0 Å². The van der Waals surface area contributed by atoms with Crippen molar-refractivity contribution >= 4 is 11.6 Å². The van der Waals surface area contributed by atoms with Gasteiger partial charge < -0.3 is 5.32 Å². The van der Waals surface area contributed by atoms with E-state index >= 15 is 0 Å². The maximum atomic E-state index is 5.86. The molecule has 3 heteroatoms. The van der Waals surface area contributed by atoms with E-state index in [9.17, 15) is 0 Å². The predicted molar refractivity (Wildman–Crippen MR) is 46.7 cm³/mol. The second kappa shape index (κ2) is 3.69. The zero-order valence-corrected chi connectivity index (χ0v) is 7.44. The van der Waals surface area contributed by atoms with Gasteiger partial charge in [0.1, 0.15) is 0 Å². The monoisotopic (exact) mass is 170 g/mol. The topological polar surface area (TPSA) is 24.9 Å². The number of hydrogen-bond acceptors (Lipinski definition) is 2. The van der Waals surface area contributed by atoms with Crippen molar-refractivity contribution in [2.24, 2.45) is 0 Å². The fourth-order valence-corrected chi connectivity index (χ4v) is 1.04. The molecule has 0 aliphatic heterocycles. The number of nitrogens with zero attached hydrogens (tertiary/aromatic N) is 1. The molecule has 0 amide bonds. The van der Waals surface area contributed by atoms with E-state index in [1.54, 1.807) is 0 Å². The lowest BCUT2D eigenvalue weighted by Gasteiger charge is -2.01. The molecule has 2 nitrogen and oxygen atoms in total. The Morgan fingerprint density at radius 2 is 2.36 bits per heavy atom. The maximum Gasteiger partial charge on any atom is 0.0621 e. The summed E-state index contributed by atoms with van der Waals surface area (Å²) in [6, 6.07) is 1.93. The van der Waals surface area contributed by atoms with Crippen molar-refractivity contribution in [2.75, 3.05) is 7.05 Å². The number of pyridine rings is 1. The third-order valence-corrected chi connectivity index (χ3v) is 1.85. The first kappa shape index (κ1) is 8.50. The lowest BCUT2D eigenvalue weighted by Crippen LogP contribution is -2.05. The Labute approximate surface area is 71.6 Å². The van der Waals surface area contributed by atoms with Gasteiger partial charge in [-0.2, -0.15) is 0 Å². The Morgan fingerprint density at radius 1 is 1.64 bits per heavy atom. The molecule has 0 radical (unpaired) electrons. The molecule has 0 aliphatic carbocycles. The van der Waals surface area contributed by atoms with Gasteiger partial charge in [0.25, 0.3) is 0 Å². The van der Waals surface area contributed by atoms with E-state index in [-0.39, 0.29) is 0 Å². The van der Waals surface area contributed by atoms with Crippen LogP contribution in [-0.4, -0.2) is 12.0 Å². The molecule has 0 saturated heterocycles. The van der Waals surface area contributed by atoms with Gasteiger partial charge in [-0.05, 0) is 25.6 Å². The molecule has 0 atom stereocenters. The summed E-state index contributed by atoms with van der Waals surface area (Å²) < 4.78 is 0. The van der Waals surface area contributed by atoms with Crippen molar-refractivity contribution in [3.63, 3.8) is 0 Å². The Kier molecular flexibility index (Phi) is 2.85. The van der Waals surface area contributed by atoms with Crippen LogP contribution in [0.3, 0.4) is 0 Å². The molecule has 0 spiro atoms. The summed E-state index contributed by atoms with van der Waals surface area (Å²) in [4.78, 5) is 4.13. The van der Waals surface area contributed by atoms with Gasteiger partial charge in [0, 0.05) is 12.7 Å². The highest BCUT2D eigenvalue weighted by molar-refractivity contribution is 6.31. The number of hydrogen-bond donors (Lipinski definition) is 1. The van der Waals surface area contributed by atoms with Gasteiger partial charge in [-0.25, -0.2) is 0 Å². The Morgan fingerprint density at radius 3 is 2.91 bits per heavy atom. The second-order valence-electron chi connectivity index (χ2n) is 2.44. The first-order valence-electron chi connectivity index (χ1n) is 3.49. The lowest BCUT2D eigenvalue weighted by atomic mass is 10.2. The standard InChI is InChI=1S/C8H11ClN2/c1-6-8(9)3-7(4-10-2)5-11-6/h3,5,10H,4H2,1-2H3. The number of nitrogens with one attached hydrogen (secondary N) is 1. The minimum atomic E-state index is 0.734. The number of halogens is 1. The minimum Gasteiger partial charge on any atom is -0.316 e. The third-order valence-electron chi connectivity index (χ3n) is 1.46. The summed E-state index contributed by atoms with van der Waals surface area (Å²) in [6.45, 7) is 2.71. The van der Waals surface area contributed by atoms with Gasteiger partial charge in [0.2, 0.25) is 0 Å². The number of aryl methyl sites for hydroxylation is 1. The highest BCUT2D eigenvalue weighted by atomic mass is 35.5. The molecule has 0 aromatic carbocycles. The Bertz CT molecular complexity index is 248. The summed E-state index contributed by atoms with van der Waals surface area (Å²) in [6.07, 6.45) is 1.83. The van der Waals surface area contributed by atoms with Gasteiger partial charge in [0.15, 0.2) is 0 Å². The Balaban J connectivity index is 2.86. The normalized spacial score (nSPS) is 10.1. The van der Waals surface area contributed by atoms with Crippen LogP contribution in [0.5, 0.6) is 0 Å². The Hall–Kier alpha value is -0.600. The van der Waals surface area contributed by atoms with Gasteiger partial charge in [-0.1, -0.05) is 11.6 Å². The average molecular weight is 171 g/mol. The van der Waals surface area contributed by atoms with Gasteiger partial charge in [-0.15, -0.1) is 0 Å². The summed E-state index contributed by atoms with van der Waals surface area (Å²) in [5.74, 6) is 0. The quantitative estimate of drug-likeness (QED) is 0.732. The van der Waals surface area contributed by atoms with Crippen molar-refractivity contribution in [1.29, 1.82) is 0 Å². The van der Waals surface area contributed by atoms with Gasteiger partial charge in [-0.3, -0.25) is 4.98 Å². The van der Waals surface area contributed by atoms with E-state index in [0.717, 1.165) is 22.8 Å². The summed E-state index contributed by atoms with van der Waals surface area (Å²) in [7, 11) is 1.90. The predicted octanol–water partition coefficient (Wildman–Crippen LogP) is 1.76. The number of rotatable bonds is 2. The van der Waals surface area contributed by atoms with E-state index in [1.807, 2.05) is 26.2 Å². The lowest BCUT2D eigenvalue weighted by molar-refractivity contribution is 0.812. The first-order valence-corrected chi connectivity index (χ1v) is 3.87. The molecule has 0 saturated carbocycles. The molecule has 60 valence electrons. The molecule has 0 unspecified atom stereocenters. The van der Waals surface area contributed by atoms with Gasteiger partial charge in [0.05, 0.1) is 10.7 Å². The zero-order valence-electron chi connectivity index (χ0n) is 6.69. The summed E-state index contributed by atoms with van der Waals surface area (Å²) >= 11 is 5.86. The molecule has 0 bridgehead atoms. The van der Waals surface area contributed by atoms with Crippen LogP contribution in [-0.2, 0) is 6.54 Å². The summed E-state index contributed by atoms with van der Waals surface area (Å²) in [5.41, 5.74) is 2.00. The fraction of sp³-hybridized carbons (Fsp3) is 0.375. The highest BCUT2D eigenvalue weighted by Crippen LogP contribution is 2.13. The molecule has 0 aliphatic rings. The van der Waals surface area contributed by atoms with E-state index < -0.39 is 0 Å². The van der Waals surface area contributed by atoms with Crippen LogP contribution < -0.4 is 5.32 Å². The van der Waals surface area contributed by atoms with Gasteiger partial charge >= 0.3 is 0 Å². The van der Waals surface area contributed by atoms with Crippen LogP contribution >= 0.6 is 11.6 Å². The number of aromatic nitrogens is 1. The van der Waals surface area contributed by atoms with Crippen LogP contribution in [0.2, 0.25) is 5.02 Å². The molecule has 1 aromatic heterocycles. The van der Waals surface area contributed by atoms with Crippen LogP contribution in [0, 0.1) is 6.92 Å². The average Bonchev–Trinajstić information content (AvgIpc) is 1.98. The largest absolute Gasteiger partial charge is 0.316 e. The van der Waals surface area contributed by atoms with Crippen molar-refractivity contribution in [3.05, 3.63) is 28.5 Å².